The molecule has 0 spiro atoms. The van der Waals surface area contributed by atoms with Crippen LogP contribution in [0.25, 0.3) is 0 Å². The van der Waals surface area contributed by atoms with E-state index in [1.165, 1.54) is 19.2 Å². The second kappa shape index (κ2) is 10.8. The first kappa shape index (κ1) is 24.1. The fourth-order valence-corrected chi connectivity index (χ4v) is 5.11. The quantitative estimate of drug-likeness (QED) is 0.640. The summed E-state index contributed by atoms with van der Waals surface area (Å²) >= 11 is 0. The van der Waals surface area contributed by atoms with Crippen LogP contribution in [-0.4, -0.2) is 46.0 Å². The maximum Gasteiger partial charge on any atom is 0.257 e. The van der Waals surface area contributed by atoms with Gasteiger partial charge in [-0.1, -0.05) is 25.0 Å². The Labute approximate surface area is 190 Å². The third-order valence-electron chi connectivity index (χ3n) is 5.63. The Kier molecular flexibility index (Phi) is 8.15. The van der Waals surface area contributed by atoms with Crippen LogP contribution < -0.4 is 14.2 Å². The Morgan fingerprint density at radius 2 is 1.72 bits per heavy atom. The van der Waals surface area contributed by atoms with Crippen LogP contribution in [0.2, 0.25) is 0 Å². The number of likely N-dealkylation sites (tertiary alicyclic amines) is 1. The van der Waals surface area contributed by atoms with E-state index in [2.05, 4.69) is 4.72 Å². The number of hydrogen-bond acceptors (Lipinski definition) is 5. The summed E-state index contributed by atoms with van der Waals surface area (Å²) in [6, 6.07) is 11.3. The van der Waals surface area contributed by atoms with Gasteiger partial charge in [-0.05, 0) is 62.6 Å². The number of sulfonamides is 1. The minimum absolute atomic E-state index is 0.0364. The Morgan fingerprint density at radius 1 is 1.06 bits per heavy atom. The summed E-state index contributed by atoms with van der Waals surface area (Å²) in [6.07, 6.45) is 4.10. The maximum atomic E-state index is 13.2. The zero-order chi connectivity index (χ0) is 23.1. The number of hydrogen-bond donors (Lipinski definition) is 1. The number of methoxy groups -OCH3 is 1. The van der Waals surface area contributed by atoms with E-state index in [-0.39, 0.29) is 16.4 Å². The van der Waals surface area contributed by atoms with Crippen LogP contribution in [0.3, 0.4) is 0 Å². The van der Waals surface area contributed by atoms with Crippen LogP contribution in [0, 0.1) is 0 Å². The van der Waals surface area contributed by atoms with Crippen LogP contribution in [-0.2, 0) is 10.0 Å². The Bertz CT molecular complexity index is 1010. The summed E-state index contributed by atoms with van der Waals surface area (Å²) in [5, 5.41) is 0. The van der Waals surface area contributed by atoms with Crippen molar-refractivity contribution in [2.45, 2.75) is 50.5 Å². The second-order valence-electron chi connectivity index (χ2n) is 7.91. The molecular weight excluding hydrogens is 428 g/mol. The molecule has 0 aromatic heterocycles. The molecule has 1 aliphatic heterocycles. The molecule has 0 saturated carbocycles. The predicted molar refractivity (Wildman–Crippen MR) is 124 cm³/mol. The average Bonchev–Trinajstić information content (AvgIpc) is 3.08. The normalized spacial score (nSPS) is 15.7. The lowest BCUT2D eigenvalue weighted by atomic mass is 10.1. The van der Waals surface area contributed by atoms with Gasteiger partial charge < -0.3 is 14.4 Å². The van der Waals surface area contributed by atoms with E-state index in [1.807, 2.05) is 31.2 Å². The predicted octanol–water partition coefficient (Wildman–Crippen LogP) is 4.15. The topological polar surface area (TPSA) is 84.9 Å². The van der Waals surface area contributed by atoms with E-state index in [0.717, 1.165) is 37.0 Å². The van der Waals surface area contributed by atoms with E-state index >= 15 is 0 Å². The van der Waals surface area contributed by atoms with Gasteiger partial charge in [0.25, 0.3) is 5.91 Å². The van der Waals surface area contributed by atoms with Gasteiger partial charge in [0.2, 0.25) is 10.0 Å². The summed E-state index contributed by atoms with van der Waals surface area (Å²) in [5.74, 6) is 0.913. The van der Waals surface area contributed by atoms with Crippen molar-refractivity contribution in [1.82, 2.24) is 9.62 Å². The van der Waals surface area contributed by atoms with Crippen molar-refractivity contribution in [1.29, 1.82) is 0 Å². The molecule has 1 amide bonds. The summed E-state index contributed by atoms with van der Waals surface area (Å²) in [6.45, 7) is 5.60. The number of carbonyl (C=O) groups excluding carboxylic acids is 1. The summed E-state index contributed by atoms with van der Waals surface area (Å²) in [4.78, 5) is 15.0. The molecule has 1 saturated heterocycles. The monoisotopic (exact) mass is 460 g/mol. The van der Waals surface area contributed by atoms with Gasteiger partial charge in [-0.3, -0.25) is 4.79 Å². The molecule has 7 nitrogen and oxygen atoms in total. The first-order valence-corrected chi connectivity index (χ1v) is 12.6. The highest BCUT2D eigenvalue weighted by Gasteiger charge is 2.25. The molecule has 8 heteroatoms. The third-order valence-corrected chi connectivity index (χ3v) is 7.17. The molecule has 0 aliphatic carbocycles. The lowest BCUT2D eigenvalue weighted by Gasteiger charge is -2.22. The van der Waals surface area contributed by atoms with Gasteiger partial charge >= 0.3 is 0 Å². The number of rotatable bonds is 8. The van der Waals surface area contributed by atoms with Crippen molar-refractivity contribution in [3.8, 4) is 11.5 Å². The molecule has 0 unspecified atom stereocenters. The molecule has 2 aromatic rings. The lowest BCUT2D eigenvalue weighted by molar-refractivity contribution is 0.0758. The number of nitrogens with one attached hydrogen (secondary N) is 1. The first-order chi connectivity index (χ1) is 15.4. The van der Waals surface area contributed by atoms with E-state index in [0.29, 0.717) is 25.4 Å². The Morgan fingerprint density at radius 3 is 2.31 bits per heavy atom. The Balaban J connectivity index is 1.82. The van der Waals surface area contributed by atoms with Gasteiger partial charge in [0.15, 0.2) is 0 Å². The van der Waals surface area contributed by atoms with Crippen molar-refractivity contribution in [3.63, 3.8) is 0 Å². The van der Waals surface area contributed by atoms with E-state index in [1.54, 1.807) is 17.9 Å². The maximum absolute atomic E-state index is 13.2. The SMILES string of the molecule is CCOc1ccc([C@H](C)NS(=O)(=O)c2ccc(OC)c(C(=O)N3CCCCCC3)c2)cc1. The van der Waals surface area contributed by atoms with Crippen LogP contribution in [0.1, 0.15) is 61.5 Å². The number of benzene rings is 2. The largest absolute Gasteiger partial charge is 0.496 e. The van der Waals surface area contributed by atoms with Crippen LogP contribution in [0.5, 0.6) is 11.5 Å². The van der Waals surface area contributed by atoms with Crippen molar-refractivity contribution < 1.29 is 22.7 Å². The second-order valence-corrected chi connectivity index (χ2v) is 9.63. The number of ether oxygens (including phenoxy) is 2. The van der Waals surface area contributed by atoms with E-state index in [9.17, 15) is 13.2 Å². The van der Waals surface area contributed by atoms with Crippen LogP contribution in [0.4, 0.5) is 0 Å². The standard InChI is InChI=1S/C24H32N2O5S/c1-4-31-20-11-9-19(10-12-20)18(2)25-32(28,29)21-13-14-23(30-3)22(17-21)24(27)26-15-7-5-6-8-16-26/h9-14,17-18,25H,4-8,15-16H2,1-3H3/t18-/m0/s1. The van der Waals surface area contributed by atoms with Crippen molar-refractivity contribution >= 4 is 15.9 Å². The minimum Gasteiger partial charge on any atom is -0.496 e. The fourth-order valence-electron chi connectivity index (χ4n) is 3.85. The smallest absolute Gasteiger partial charge is 0.257 e. The van der Waals surface area contributed by atoms with E-state index < -0.39 is 16.1 Å². The molecule has 0 bridgehead atoms. The molecule has 1 heterocycles. The van der Waals surface area contributed by atoms with Crippen LogP contribution >= 0.6 is 0 Å². The summed E-state index contributed by atoms with van der Waals surface area (Å²) < 4.78 is 39.7. The number of nitrogens with zero attached hydrogens (tertiary/aromatic N) is 1. The molecule has 1 atom stereocenters. The van der Waals surface area contributed by atoms with Crippen LogP contribution in [0.15, 0.2) is 47.4 Å². The highest BCUT2D eigenvalue weighted by Crippen LogP contribution is 2.26. The molecule has 1 N–H and O–H groups in total. The highest BCUT2D eigenvalue weighted by atomic mass is 32.2. The van der Waals surface area contributed by atoms with Crippen molar-refractivity contribution in [2.24, 2.45) is 0 Å². The molecular formula is C24H32N2O5S. The zero-order valence-corrected chi connectivity index (χ0v) is 19.8. The molecule has 2 aromatic carbocycles. The Hall–Kier alpha value is -2.58. The van der Waals surface area contributed by atoms with Gasteiger partial charge in [-0.15, -0.1) is 0 Å². The minimum atomic E-state index is -3.85. The molecule has 0 radical (unpaired) electrons. The molecule has 3 rings (SSSR count). The number of carbonyl (C=O) groups is 1. The molecule has 174 valence electrons. The van der Waals surface area contributed by atoms with Gasteiger partial charge in [-0.2, -0.15) is 0 Å². The van der Waals surface area contributed by atoms with E-state index in [4.69, 9.17) is 9.47 Å². The summed E-state index contributed by atoms with van der Waals surface area (Å²) in [7, 11) is -2.37. The van der Waals surface area contributed by atoms with Gasteiger partial charge in [0.1, 0.15) is 11.5 Å². The average molecular weight is 461 g/mol. The number of amides is 1. The zero-order valence-electron chi connectivity index (χ0n) is 19.0. The molecule has 32 heavy (non-hydrogen) atoms. The van der Waals surface area contributed by atoms with Crippen molar-refractivity contribution in [2.75, 3.05) is 26.8 Å². The van der Waals surface area contributed by atoms with Gasteiger partial charge in [0, 0.05) is 19.1 Å². The first-order valence-electron chi connectivity index (χ1n) is 11.1. The third kappa shape index (κ3) is 5.81. The highest BCUT2D eigenvalue weighted by molar-refractivity contribution is 7.89. The van der Waals surface area contributed by atoms with Gasteiger partial charge in [-0.25, -0.2) is 13.1 Å². The molecule has 1 aliphatic rings. The summed E-state index contributed by atoms with van der Waals surface area (Å²) in [5.41, 5.74) is 1.08. The fraction of sp³-hybridized carbons (Fsp3) is 0.458. The van der Waals surface area contributed by atoms with Crippen molar-refractivity contribution in [3.05, 3.63) is 53.6 Å². The molecule has 1 fully saturated rings. The van der Waals surface area contributed by atoms with Gasteiger partial charge in [0.05, 0.1) is 24.2 Å². The lowest BCUT2D eigenvalue weighted by Crippen LogP contribution is -2.32.